The molecule has 0 radical (unpaired) electrons. The number of hydrogen-bond acceptors (Lipinski definition) is 3. The number of carbonyl (C=O) groups excluding carboxylic acids is 2. The van der Waals surface area contributed by atoms with Gasteiger partial charge in [-0.3, -0.25) is 9.59 Å². The van der Waals surface area contributed by atoms with E-state index in [1.54, 1.807) is 0 Å². The quantitative estimate of drug-likeness (QED) is 0.360. The fourth-order valence-electron chi connectivity index (χ4n) is 2.98. The maximum Gasteiger partial charge on any atom is 0.246 e. The van der Waals surface area contributed by atoms with Gasteiger partial charge in [0.05, 0.1) is 0 Å². The van der Waals surface area contributed by atoms with Crippen LogP contribution in [-0.2, 0) is 9.59 Å². The van der Waals surface area contributed by atoms with E-state index in [2.05, 4.69) is 20.9 Å². The summed E-state index contributed by atoms with van der Waals surface area (Å²) in [6, 6.07) is 5.59. The number of halogens is 1. The number of guanidine groups is 1. The molecule has 1 heterocycles. The number of rotatable bonds is 8. The third-order valence-corrected chi connectivity index (χ3v) is 4.42. The van der Waals surface area contributed by atoms with Crippen LogP contribution in [0.1, 0.15) is 39.0 Å². The van der Waals surface area contributed by atoms with E-state index in [1.807, 2.05) is 11.8 Å². The largest absolute Gasteiger partial charge is 0.357 e. The van der Waals surface area contributed by atoms with Crippen LogP contribution in [-0.4, -0.2) is 55.4 Å². The highest BCUT2D eigenvalue weighted by Crippen LogP contribution is 2.11. The molecule has 3 N–H and O–H groups in total. The van der Waals surface area contributed by atoms with E-state index < -0.39 is 0 Å². The average molecular weight is 391 g/mol. The van der Waals surface area contributed by atoms with Gasteiger partial charge in [0, 0.05) is 38.3 Å². The zero-order valence-corrected chi connectivity index (χ0v) is 16.5. The molecule has 0 bridgehead atoms. The van der Waals surface area contributed by atoms with Crippen molar-refractivity contribution in [2.75, 3.05) is 38.0 Å². The number of nitrogens with one attached hydrogen (secondary N) is 3. The SMILES string of the molecule is CCNC(=NCC(=O)Nc1ccc(F)cc1)NCCCN1CCCCCC1=O. The number of carbonyl (C=O) groups is 2. The lowest BCUT2D eigenvalue weighted by molar-refractivity contribution is -0.130. The highest BCUT2D eigenvalue weighted by atomic mass is 19.1. The van der Waals surface area contributed by atoms with Gasteiger partial charge in [-0.2, -0.15) is 0 Å². The number of amides is 2. The summed E-state index contributed by atoms with van der Waals surface area (Å²) in [6.45, 7) is 4.82. The standard InChI is InChI=1S/C20H30FN5O2/c1-2-22-20(23-12-6-14-26-13-5-3-4-7-19(26)28)24-15-18(27)25-17-10-8-16(21)9-11-17/h8-11H,2-7,12-15H2,1H3,(H,25,27)(H2,22,23,24). The van der Waals surface area contributed by atoms with Gasteiger partial charge < -0.3 is 20.9 Å². The third-order valence-electron chi connectivity index (χ3n) is 4.42. The Bertz CT molecular complexity index is 663. The van der Waals surface area contributed by atoms with Crippen molar-refractivity contribution in [2.24, 2.45) is 4.99 Å². The van der Waals surface area contributed by atoms with Gasteiger partial charge >= 0.3 is 0 Å². The second kappa shape index (κ2) is 11.9. The molecular weight excluding hydrogens is 361 g/mol. The zero-order chi connectivity index (χ0) is 20.2. The maximum atomic E-state index is 12.9. The maximum absolute atomic E-state index is 12.9. The molecule has 1 aliphatic heterocycles. The Labute approximate surface area is 165 Å². The Morgan fingerprint density at radius 2 is 1.96 bits per heavy atom. The molecule has 154 valence electrons. The van der Waals surface area contributed by atoms with E-state index in [1.165, 1.54) is 24.3 Å². The van der Waals surface area contributed by atoms with Crippen LogP contribution in [0.3, 0.4) is 0 Å². The Hall–Kier alpha value is -2.64. The van der Waals surface area contributed by atoms with E-state index >= 15 is 0 Å². The highest BCUT2D eigenvalue weighted by molar-refractivity contribution is 5.94. The number of nitrogens with zero attached hydrogens (tertiary/aromatic N) is 2. The van der Waals surface area contributed by atoms with Crippen LogP contribution in [0, 0.1) is 5.82 Å². The van der Waals surface area contributed by atoms with Crippen LogP contribution in [0.5, 0.6) is 0 Å². The lowest BCUT2D eigenvalue weighted by Crippen LogP contribution is -2.40. The van der Waals surface area contributed by atoms with Crippen molar-refractivity contribution in [3.05, 3.63) is 30.1 Å². The van der Waals surface area contributed by atoms with E-state index in [0.29, 0.717) is 31.2 Å². The van der Waals surface area contributed by atoms with Gasteiger partial charge in [-0.15, -0.1) is 0 Å². The summed E-state index contributed by atoms with van der Waals surface area (Å²) in [6.07, 6.45) is 4.66. The van der Waals surface area contributed by atoms with Crippen molar-refractivity contribution in [1.29, 1.82) is 0 Å². The number of hydrogen-bond donors (Lipinski definition) is 3. The fourth-order valence-corrected chi connectivity index (χ4v) is 2.98. The number of aliphatic imine (C=N–C) groups is 1. The van der Waals surface area contributed by atoms with Crippen LogP contribution < -0.4 is 16.0 Å². The molecule has 0 aromatic heterocycles. The first-order valence-corrected chi connectivity index (χ1v) is 9.94. The molecule has 2 amide bonds. The van der Waals surface area contributed by atoms with Crippen molar-refractivity contribution >= 4 is 23.5 Å². The topological polar surface area (TPSA) is 85.8 Å². The van der Waals surface area contributed by atoms with Crippen molar-refractivity contribution in [2.45, 2.75) is 39.0 Å². The third kappa shape index (κ3) is 7.94. The number of likely N-dealkylation sites (tertiary alicyclic amines) is 1. The molecule has 0 spiro atoms. The molecule has 1 saturated heterocycles. The predicted octanol–water partition coefficient (Wildman–Crippen LogP) is 2.11. The molecule has 1 aromatic carbocycles. The summed E-state index contributed by atoms with van der Waals surface area (Å²) in [7, 11) is 0. The first-order valence-electron chi connectivity index (χ1n) is 9.94. The second-order valence-electron chi connectivity index (χ2n) is 6.72. The number of benzene rings is 1. The summed E-state index contributed by atoms with van der Waals surface area (Å²) < 4.78 is 12.9. The van der Waals surface area contributed by atoms with Crippen molar-refractivity contribution in [1.82, 2.24) is 15.5 Å². The minimum atomic E-state index is -0.350. The molecule has 0 unspecified atom stereocenters. The molecule has 1 aliphatic rings. The Balaban J connectivity index is 1.74. The summed E-state index contributed by atoms with van der Waals surface area (Å²) in [4.78, 5) is 30.2. The molecule has 0 saturated carbocycles. The molecule has 0 atom stereocenters. The number of anilines is 1. The van der Waals surface area contributed by atoms with Crippen molar-refractivity contribution in [3.63, 3.8) is 0 Å². The molecule has 28 heavy (non-hydrogen) atoms. The van der Waals surface area contributed by atoms with Crippen molar-refractivity contribution < 1.29 is 14.0 Å². The predicted molar refractivity (Wildman–Crippen MR) is 109 cm³/mol. The second-order valence-corrected chi connectivity index (χ2v) is 6.72. The monoisotopic (exact) mass is 391 g/mol. The average Bonchev–Trinajstić information content (AvgIpc) is 2.89. The van der Waals surface area contributed by atoms with E-state index in [-0.39, 0.29) is 24.2 Å². The minimum absolute atomic E-state index is 0.0443. The summed E-state index contributed by atoms with van der Waals surface area (Å²) >= 11 is 0. The molecule has 2 rings (SSSR count). The summed E-state index contributed by atoms with van der Waals surface area (Å²) in [5, 5.41) is 8.96. The Morgan fingerprint density at radius 1 is 1.18 bits per heavy atom. The summed E-state index contributed by atoms with van der Waals surface area (Å²) in [5.41, 5.74) is 0.529. The van der Waals surface area contributed by atoms with Gasteiger partial charge in [-0.25, -0.2) is 9.38 Å². The highest BCUT2D eigenvalue weighted by Gasteiger charge is 2.15. The first-order chi connectivity index (χ1) is 13.6. The van der Waals surface area contributed by atoms with Crippen LogP contribution >= 0.6 is 0 Å². The van der Waals surface area contributed by atoms with E-state index in [9.17, 15) is 14.0 Å². The molecule has 7 nitrogen and oxygen atoms in total. The molecule has 8 heteroatoms. The van der Waals surface area contributed by atoms with Gasteiger partial charge in [-0.05, 0) is 50.5 Å². The minimum Gasteiger partial charge on any atom is -0.357 e. The smallest absolute Gasteiger partial charge is 0.246 e. The van der Waals surface area contributed by atoms with E-state index in [0.717, 1.165) is 38.8 Å². The Kier molecular flexibility index (Phi) is 9.24. The van der Waals surface area contributed by atoms with Crippen LogP contribution in [0.15, 0.2) is 29.3 Å². The first kappa shape index (κ1) is 21.7. The molecule has 1 fully saturated rings. The van der Waals surface area contributed by atoms with Crippen LogP contribution in [0.2, 0.25) is 0 Å². The van der Waals surface area contributed by atoms with Gasteiger partial charge in [0.1, 0.15) is 12.4 Å². The fraction of sp³-hybridized carbons (Fsp3) is 0.550. The van der Waals surface area contributed by atoms with Gasteiger partial charge in [-0.1, -0.05) is 6.42 Å². The van der Waals surface area contributed by atoms with Crippen LogP contribution in [0.4, 0.5) is 10.1 Å². The van der Waals surface area contributed by atoms with Gasteiger partial charge in [0.15, 0.2) is 5.96 Å². The molecular formula is C20H30FN5O2. The van der Waals surface area contributed by atoms with Gasteiger partial charge in [0.2, 0.25) is 11.8 Å². The Morgan fingerprint density at radius 3 is 2.71 bits per heavy atom. The zero-order valence-electron chi connectivity index (χ0n) is 16.5. The normalized spacial score (nSPS) is 15.1. The van der Waals surface area contributed by atoms with E-state index in [4.69, 9.17) is 0 Å². The lowest BCUT2D eigenvalue weighted by Gasteiger charge is -2.20. The summed E-state index contributed by atoms with van der Waals surface area (Å²) in [5.74, 6) is 0.171. The molecule has 1 aromatic rings. The van der Waals surface area contributed by atoms with Gasteiger partial charge in [0.25, 0.3) is 0 Å². The van der Waals surface area contributed by atoms with Crippen molar-refractivity contribution in [3.8, 4) is 0 Å². The van der Waals surface area contributed by atoms with Crippen LogP contribution in [0.25, 0.3) is 0 Å². The lowest BCUT2D eigenvalue weighted by atomic mass is 10.2. The molecule has 0 aliphatic carbocycles.